The van der Waals surface area contributed by atoms with Crippen LogP contribution < -0.4 is 0 Å². The molecule has 0 saturated carbocycles. The third kappa shape index (κ3) is 7.23. The summed E-state index contributed by atoms with van der Waals surface area (Å²) >= 11 is 0. The fourth-order valence-corrected chi connectivity index (χ4v) is 4.21. The maximum absolute atomic E-state index is 12.1. The van der Waals surface area contributed by atoms with Gasteiger partial charge in [-0.1, -0.05) is 59.2 Å². The van der Waals surface area contributed by atoms with E-state index < -0.39 is 10.8 Å². The molecule has 2 heteroatoms. The largest absolute Gasteiger partial charge is 0.254 e. The van der Waals surface area contributed by atoms with Crippen LogP contribution in [0.3, 0.4) is 0 Å². The summed E-state index contributed by atoms with van der Waals surface area (Å²) in [7, 11) is -0.831. The van der Waals surface area contributed by atoms with E-state index in [0.717, 1.165) is 17.1 Å². The highest BCUT2D eigenvalue weighted by Crippen LogP contribution is 2.36. The molecule has 114 valence electrons. The maximum atomic E-state index is 12.1. The molecule has 0 bridgehead atoms. The summed E-state index contributed by atoms with van der Waals surface area (Å²) in [5.41, 5.74) is 0.767. The molecule has 0 aliphatic carbocycles. The predicted molar refractivity (Wildman–Crippen MR) is 89.4 cm³/mol. The highest BCUT2D eigenvalue weighted by molar-refractivity contribution is 7.85. The lowest BCUT2D eigenvalue weighted by Gasteiger charge is -2.32. The molecule has 0 amide bonds. The number of hydrogen-bond acceptors (Lipinski definition) is 1. The minimum Gasteiger partial charge on any atom is -0.254 e. The number of rotatable bonds is 7. The summed E-state index contributed by atoms with van der Waals surface area (Å²) in [6.45, 7) is 11.6. The van der Waals surface area contributed by atoms with E-state index in [4.69, 9.17) is 0 Å². The van der Waals surface area contributed by atoms with Gasteiger partial charge in [0.25, 0.3) is 0 Å². The third-order valence-electron chi connectivity index (χ3n) is 3.45. The van der Waals surface area contributed by atoms with Gasteiger partial charge in [-0.3, -0.25) is 4.21 Å². The summed E-state index contributed by atoms with van der Waals surface area (Å²) < 4.78 is 12.1. The van der Waals surface area contributed by atoms with Gasteiger partial charge in [-0.25, -0.2) is 0 Å². The Hall–Kier alpha value is -0.630. The van der Waals surface area contributed by atoms with Crippen LogP contribution in [-0.4, -0.2) is 9.96 Å². The molecule has 1 nitrogen and oxygen atoms in total. The van der Waals surface area contributed by atoms with E-state index in [1.54, 1.807) is 0 Å². The van der Waals surface area contributed by atoms with Crippen LogP contribution in [0.2, 0.25) is 0 Å². The molecule has 0 aliphatic heterocycles. The highest BCUT2D eigenvalue weighted by Gasteiger charge is 2.24. The molecule has 1 aromatic rings. The second-order valence-corrected chi connectivity index (χ2v) is 9.29. The molecule has 0 radical (unpaired) electrons. The molecule has 1 unspecified atom stereocenters. The van der Waals surface area contributed by atoms with Crippen LogP contribution in [0.1, 0.15) is 60.3 Å². The van der Waals surface area contributed by atoms with Crippen molar-refractivity contribution in [1.29, 1.82) is 0 Å². The summed E-state index contributed by atoms with van der Waals surface area (Å²) in [6.07, 6.45) is 4.68. The molecule has 0 aromatic heterocycles. The Morgan fingerprint density at radius 3 is 2.10 bits per heavy atom. The van der Waals surface area contributed by atoms with Gasteiger partial charge >= 0.3 is 0 Å². The van der Waals surface area contributed by atoms with Gasteiger partial charge in [0.2, 0.25) is 0 Å². The van der Waals surface area contributed by atoms with E-state index >= 15 is 0 Å². The van der Waals surface area contributed by atoms with Crippen LogP contribution in [0.4, 0.5) is 0 Å². The predicted octanol–water partition coefficient (Wildman–Crippen LogP) is 5.43. The Morgan fingerprint density at radius 2 is 1.55 bits per heavy atom. The van der Waals surface area contributed by atoms with E-state index in [-0.39, 0.29) is 0 Å². The van der Waals surface area contributed by atoms with Crippen molar-refractivity contribution in [2.24, 2.45) is 10.8 Å². The lowest BCUT2D eigenvalue weighted by Crippen LogP contribution is -2.20. The van der Waals surface area contributed by atoms with Crippen LogP contribution in [0.15, 0.2) is 35.2 Å². The molecule has 0 N–H and O–H groups in total. The molecule has 0 saturated heterocycles. The average Bonchev–Trinajstić information content (AvgIpc) is 2.32. The lowest BCUT2D eigenvalue weighted by molar-refractivity contribution is 0.195. The fraction of sp³-hybridized carbons (Fsp3) is 0.667. The van der Waals surface area contributed by atoms with Gasteiger partial charge in [0.15, 0.2) is 0 Å². The van der Waals surface area contributed by atoms with Gasteiger partial charge in [0.1, 0.15) is 0 Å². The molecule has 1 atom stereocenters. The van der Waals surface area contributed by atoms with E-state index in [9.17, 15) is 4.21 Å². The smallest absolute Gasteiger partial charge is 0.0529 e. The minimum atomic E-state index is -0.831. The average molecular weight is 295 g/mol. The molecule has 20 heavy (non-hydrogen) atoms. The first-order valence-electron chi connectivity index (χ1n) is 7.63. The summed E-state index contributed by atoms with van der Waals surface area (Å²) in [5, 5.41) is 0. The summed E-state index contributed by atoms with van der Waals surface area (Å²) in [5.74, 6) is 0.787. The quantitative estimate of drug-likeness (QED) is 0.613. The fourth-order valence-electron chi connectivity index (χ4n) is 3.05. The van der Waals surface area contributed by atoms with Crippen molar-refractivity contribution in [3.8, 4) is 0 Å². The molecule has 0 aliphatic rings. The highest BCUT2D eigenvalue weighted by atomic mass is 32.2. The Kier molecular flexibility index (Phi) is 6.44. The van der Waals surface area contributed by atoms with Crippen LogP contribution in [0.5, 0.6) is 0 Å². The van der Waals surface area contributed by atoms with Crippen LogP contribution in [0.25, 0.3) is 0 Å². The van der Waals surface area contributed by atoms with E-state index in [1.807, 2.05) is 30.3 Å². The molecule has 0 heterocycles. The van der Waals surface area contributed by atoms with Crippen molar-refractivity contribution in [3.63, 3.8) is 0 Å². The number of unbranched alkanes of at least 4 members (excludes halogenated alkanes) is 1. The zero-order valence-corrected chi connectivity index (χ0v) is 14.6. The van der Waals surface area contributed by atoms with E-state index in [2.05, 4.69) is 34.6 Å². The van der Waals surface area contributed by atoms with Crippen LogP contribution in [-0.2, 0) is 10.8 Å². The number of hydrogen-bond donors (Lipinski definition) is 0. The monoisotopic (exact) mass is 294 g/mol. The van der Waals surface area contributed by atoms with Crippen LogP contribution >= 0.6 is 0 Å². The van der Waals surface area contributed by atoms with Gasteiger partial charge < -0.3 is 0 Å². The van der Waals surface area contributed by atoms with E-state index in [0.29, 0.717) is 10.8 Å². The van der Waals surface area contributed by atoms with Crippen LogP contribution in [0, 0.1) is 10.8 Å². The standard InChI is InChI=1S/C18H30OS/c1-17(2,3)15-18(4,5)13-9-10-14-20(19)16-11-7-6-8-12-16/h6-8,11-12H,9-10,13-15H2,1-5H3. The lowest BCUT2D eigenvalue weighted by atomic mass is 9.74. The Bertz CT molecular complexity index is 415. The zero-order chi connectivity index (χ0) is 15.2. The van der Waals surface area contributed by atoms with Gasteiger partial charge in [0, 0.05) is 10.6 Å². The maximum Gasteiger partial charge on any atom is 0.0529 e. The second kappa shape index (κ2) is 7.40. The molecule has 0 fully saturated rings. The number of benzene rings is 1. The van der Waals surface area contributed by atoms with Crippen molar-refractivity contribution < 1.29 is 4.21 Å². The first-order valence-corrected chi connectivity index (χ1v) is 8.95. The SMILES string of the molecule is CC(C)(C)CC(C)(C)CCCCS(=O)c1ccccc1. The van der Waals surface area contributed by atoms with Crippen molar-refractivity contribution in [2.45, 2.75) is 65.2 Å². The normalized spacial score (nSPS) is 14.2. The zero-order valence-electron chi connectivity index (χ0n) is 13.7. The Labute approximate surface area is 127 Å². The van der Waals surface area contributed by atoms with Gasteiger partial charge in [-0.05, 0) is 42.2 Å². The molecule has 1 rings (SSSR count). The first kappa shape index (κ1) is 17.4. The van der Waals surface area contributed by atoms with Crippen molar-refractivity contribution in [2.75, 3.05) is 5.75 Å². The summed E-state index contributed by atoms with van der Waals surface area (Å²) in [4.78, 5) is 0.960. The minimum absolute atomic E-state index is 0.381. The molecule has 1 aromatic carbocycles. The van der Waals surface area contributed by atoms with Gasteiger partial charge in [-0.15, -0.1) is 0 Å². The second-order valence-electron chi connectivity index (χ2n) is 7.72. The summed E-state index contributed by atoms with van der Waals surface area (Å²) in [6, 6.07) is 9.80. The topological polar surface area (TPSA) is 17.1 Å². The third-order valence-corrected chi connectivity index (χ3v) is 4.91. The van der Waals surface area contributed by atoms with Crippen molar-refractivity contribution >= 4 is 10.8 Å². The molecular weight excluding hydrogens is 264 g/mol. The molecular formula is C18H30OS. The van der Waals surface area contributed by atoms with Crippen molar-refractivity contribution in [3.05, 3.63) is 30.3 Å². The van der Waals surface area contributed by atoms with Crippen molar-refractivity contribution in [1.82, 2.24) is 0 Å². The van der Waals surface area contributed by atoms with Gasteiger partial charge in [0.05, 0.1) is 10.8 Å². The van der Waals surface area contributed by atoms with Gasteiger partial charge in [-0.2, -0.15) is 0 Å². The Morgan fingerprint density at radius 1 is 0.950 bits per heavy atom. The van der Waals surface area contributed by atoms with E-state index in [1.165, 1.54) is 19.3 Å². The first-order chi connectivity index (χ1) is 9.20. The molecule has 0 spiro atoms. The Balaban J connectivity index is 2.30.